The van der Waals surface area contributed by atoms with Crippen LogP contribution >= 0.6 is 11.6 Å². The number of aliphatic hydroxyl groups is 1. The summed E-state index contributed by atoms with van der Waals surface area (Å²) >= 11 is 6.21. The van der Waals surface area contributed by atoms with Crippen molar-refractivity contribution in [2.75, 3.05) is 31.2 Å². The highest BCUT2D eigenvalue weighted by molar-refractivity contribution is 6.31. The molecule has 1 amide bonds. The molecule has 0 aliphatic carbocycles. The normalized spacial score (nSPS) is 20.2. The summed E-state index contributed by atoms with van der Waals surface area (Å²) in [5, 5.41) is 13.0. The van der Waals surface area contributed by atoms with Gasteiger partial charge in [0.05, 0.1) is 19.3 Å². The van der Waals surface area contributed by atoms with Gasteiger partial charge in [-0.25, -0.2) is 0 Å². The van der Waals surface area contributed by atoms with Crippen molar-refractivity contribution in [1.29, 1.82) is 0 Å². The van der Waals surface area contributed by atoms with Crippen molar-refractivity contribution >= 4 is 23.2 Å². The Labute approximate surface area is 129 Å². The maximum atomic E-state index is 12.1. The molecule has 2 rings (SSSR count). The molecule has 0 spiro atoms. The van der Waals surface area contributed by atoms with Crippen LogP contribution in [0.25, 0.3) is 0 Å². The van der Waals surface area contributed by atoms with Crippen LogP contribution in [0.1, 0.15) is 25.5 Å². The second kappa shape index (κ2) is 7.11. The Kier molecular flexibility index (Phi) is 5.45. The molecule has 5 nitrogen and oxygen atoms in total. The number of nitrogens with one attached hydrogen (secondary N) is 1. The van der Waals surface area contributed by atoms with E-state index in [0.29, 0.717) is 36.9 Å². The average Bonchev–Trinajstić information content (AvgIpc) is 2.47. The summed E-state index contributed by atoms with van der Waals surface area (Å²) in [6.45, 7) is 5.72. The van der Waals surface area contributed by atoms with Gasteiger partial charge < -0.3 is 20.1 Å². The number of anilines is 1. The van der Waals surface area contributed by atoms with Crippen molar-refractivity contribution in [1.82, 2.24) is 5.32 Å². The number of ether oxygens (including phenoxy) is 1. The fraction of sp³-hybridized carbons (Fsp3) is 0.533. The number of amides is 1. The average molecular weight is 313 g/mol. The number of aliphatic hydroxyl groups excluding tert-OH is 1. The third kappa shape index (κ3) is 3.67. The van der Waals surface area contributed by atoms with Crippen LogP contribution in [0.4, 0.5) is 5.69 Å². The molecule has 2 N–H and O–H groups in total. The largest absolute Gasteiger partial charge is 0.389 e. The minimum atomic E-state index is -0.615. The Balaban J connectivity index is 2.25. The number of halogens is 1. The monoisotopic (exact) mass is 312 g/mol. The van der Waals surface area contributed by atoms with E-state index >= 15 is 0 Å². The van der Waals surface area contributed by atoms with E-state index in [1.54, 1.807) is 19.1 Å². The number of carbonyl (C=O) groups is 1. The summed E-state index contributed by atoms with van der Waals surface area (Å²) in [4.78, 5) is 14.1. The number of nitrogens with zero attached hydrogens (tertiary/aromatic N) is 1. The smallest absolute Gasteiger partial charge is 0.245 e. The molecule has 0 aromatic heterocycles. The summed E-state index contributed by atoms with van der Waals surface area (Å²) in [5.41, 5.74) is 1.55. The SMILES string of the molecule is CCNC(=O)C1COCCN1c1ccc(C(C)O)c(Cl)c1. The van der Waals surface area contributed by atoms with Gasteiger partial charge in [-0.15, -0.1) is 0 Å². The molecule has 1 aromatic rings. The van der Waals surface area contributed by atoms with Gasteiger partial charge in [0.25, 0.3) is 0 Å². The lowest BCUT2D eigenvalue weighted by molar-refractivity contribution is -0.124. The fourth-order valence-corrected chi connectivity index (χ4v) is 2.79. The second-order valence-electron chi connectivity index (χ2n) is 5.06. The van der Waals surface area contributed by atoms with Crippen molar-refractivity contribution in [3.63, 3.8) is 0 Å². The molecule has 0 radical (unpaired) electrons. The van der Waals surface area contributed by atoms with Gasteiger partial charge >= 0.3 is 0 Å². The van der Waals surface area contributed by atoms with Gasteiger partial charge in [-0.1, -0.05) is 17.7 Å². The molecule has 1 aliphatic rings. The molecule has 116 valence electrons. The summed E-state index contributed by atoms with van der Waals surface area (Å²) in [6, 6.07) is 5.12. The van der Waals surface area contributed by atoms with Gasteiger partial charge in [0.2, 0.25) is 5.91 Å². The third-order valence-electron chi connectivity index (χ3n) is 3.55. The van der Waals surface area contributed by atoms with Crippen molar-refractivity contribution in [3.05, 3.63) is 28.8 Å². The van der Waals surface area contributed by atoms with Crippen LogP contribution in [0, 0.1) is 0 Å². The molecule has 21 heavy (non-hydrogen) atoms. The van der Waals surface area contributed by atoms with E-state index in [9.17, 15) is 9.90 Å². The quantitative estimate of drug-likeness (QED) is 0.889. The zero-order valence-corrected chi connectivity index (χ0v) is 13.1. The van der Waals surface area contributed by atoms with Gasteiger partial charge in [-0.3, -0.25) is 4.79 Å². The van der Waals surface area contributed by atoms with Gasteiger partial charge in [0.15, 0.2) is 0 Å². The van der Waals surface area contributed by atoms with Crippen LogP contribution < -0.4 is 10.2 Å². The number of rotatable bonds is 4. The third-order valence-corrected chi connectivity index (χ3v) is 3.88. The minimum absolute atomic E-state index is 0.0482. The van der Waals surface area contributed by atoms with Crippen molar-refractivity contribution < 1.29 is 14.6 Å². The zero-order valence-electron chi connectivity index (χ0n) is 12.3. The molecule has 1 aliphatic heterocycles. The van der Waals surface area contributed by atoms with Crippen molar-refractivity contribution in [3.8, 4) is 0 Å². The lowest BCUT2D eigenvalue weighted by atomic mass is 10.1. The Morgan fingerprint density at radius 2 is 2.38 bits per heavy atom. The fourth-order valence-electron chi connectivity index (χ4n) is 2.46. The number of carbonyl (C=O) groups excluding carboxylic acids is 1. The van der Waals surface area contributed by atoms with Crippen LogP contribution in [-0.2, 0) is 9.53 Å². The molecule has 2 unspecified atom stereocenters. The van der Waals surface area contributed by atoms with Crippen molar-refractivity contribution in [2.24, 2.45) is 0 Å². The Hall–Kier alpha value is -1.30. The first-order chi connectivity index (χ1) is 10.0. The first-order valence-corrected chi connectivity index (χ1v) is 7.52. The van der Waals surface area contributed by atoms with Crippen LogP contribution in [0.2, 0.25) is 5.02 Å². The molecule has 1 heterocycles. The van der Waals surface area contributed by atoms with Crippen LogP contribution in [0.5, 0.6) is 0 Å². The lowest BCUT2D eigenvalue weighted by Gasteiger charge is -2.36. The summed E-state index contributed by atoms with van der Waals surface area (Å²) in [5.74, 6) is -0.0482. The predicted molar refractivity (Wildman–Crippen MR) is 82.7 cm³/mol. The molecule has 1 saturated heterocycles. The van der Waals surface area contributed by atoms with Gasteiger partial charge in [0, 0.05) is 23.8 Å². The van der Waals surface area contributed by atoms with Gasteiger partial charge in [-0.05, 0) is 31.5 Å². The minimum Gasteiger partial charge on any atom is -0.389 e. The first kappa shape index (κ1) is 16.1. The van der Waals surface area contributed by atoms with E-state index in [1.807, 2.05) is 17.9 Å². The molecule has 0 saturated carbocycles. The van der Waals surface area contributed by atoms with Crippen LogP contribution in [-0.4, -0.2) is 43.4 Å². The maximum Gasteiger partial charge on any atom is 0.245 e. The molecule has 0 bridgehead atoms. The first-order valence-electron chi connectivity index (χ1n) is 7.14. The van der Waals surface area contributed by atoms with E-state index < -0.39 is 6.10 Å². The number of hydrogen-bond acceptors (Lipinski definition) is 4. The van der Waals surface area contributed by atoms with E-state index in [2.05, 4.69) is 5.32 Å². The molecule has 1 fully saturated rings. The number of hydrogen-bond donors (Lipinski definition) is 2. The highest BCUT2D eigenvalue weighted by Gasteiger charge is 2.29. The van der Waals surface area contributed by atoms with Crippen molar-refractivity contribution in [2.45, 2.75) is 26.0 Å². The molecular weight excluding hydrogens is 292 g/mol. The zero-order chi connectivity index (χ0) is 15.4. The van der Waals surface area contributed by atoms with E-state index in [1.165, 1.54) is 0 Å². The van der Waals surface area contributed by atoms with Crippen LogP contribution in [0.3, 0.4) is 0 Å². The standard InChI is InChI=1S/C15H21ClN2O3/c1-3-17-15(20)14-9-21-7-6-18(14)11-4-5-12(10(2)19)13(16)8-11/h4-5,8,10,14,19H,3,6-7,9H2,1-2H3,(H,17,20). The Bertz CT molecular complexity index is 508. The number of likely N-dealkylation sites (N-methyl/N-ethyl adjacent to an activating group) is 1. The Morgan fingerprint density at radius 3 is 3.00 bits per heavy atom. The van der Waals surface area contributed by atoms with Crippen LogP contribution in [0.15, 0.2) is 18.2 Å². The highest BCUT2D eigenvalue weighted by atomic mass is 35.5. The maximum absolute atomic E-state index is 12.1. The highest BCUT2D eigenvalue weighted by Crippen LogP contribution is 2.29. The molecular formula is C15H21ClN2O3. The second-order valence-corrected chi connectivity index (χ2v) is 5.47. The van der Waals surface area contributed by atoms with E-state index in [-0.39, 0.29) is 11.9 Å². The Morgan fingerprint density at radius 1 is 1.62 bits per heavy atom. The molecule has 2 atom stereocenters. The van der Waals surface area contributed by atoms with Gasteiger partial charge in [0.1, 0.15) is 6.04 Å². The molecule has 1 aromatic carbocycles. The van der Waals surface area contributed by atoms with E-state index in [0.717, 1.165) is 5.69 Å². The number of morpholine rings is 1. The van der Waals surface area contributed by atoms with Gasteiger partial charge in [-0.2, -0.15) is 0 Å². The summed E-state index contributed by atoms with van der Waals surface area (Å²) in [6.07, 6.45) is -0.615. The molecule has 6 heteroatoms. The predicted octanol–water partition coefficient (Wildman–Crippen LogP) is 1.73. The summed E-state index contributed by atoms with van der Waals surface area (Å²) in [7, 11) is 0. The number of benzene rings is 1. The summed E-state index contributed by atoms with van der Waals surface area (Å²) < 4.78 is 5.42. The lowest BCUT2D eigenvalue weighted by Crippen LogP contribution is -2.54. The van der Waals surface area contributed by atoms with E-state index in [4.69, 9.17) is 16.3 Å². The topological polar surface area (TPSA) is 61.8 Å².